The SMILES string of the molecule is Cc1nc(-c2ccccc2)sc1NC(=O)NCC(C)(C)O. The third-order valence-electron chi connectivity index (χ3n) is 2.73. The van der Waals surface area contributed by atoms with Gasteiger partial charge in [-0.15, -0.1) is 0 Å². The number of hydrogen-bond acceptors (Lipinski definition) is 4. The van der Waals surface area contributed by atoms with E-state index in [2.05, 4.69) is 15.6 Å². The van der Waals surface area contributed by atoms with Crippen molar-refractivity contribution in [2.45, 2.75) is 26.4 Å². The molecule has 3 N–H and O–H groups in total. The Labute approximate surface area is 128 Å². The molecule has 0 atom stereocenters. The molecule has 0 saturated heterocycles. The predicted molar refractivity (Wildman–Crippen MR) is 85.6 cm³/mol. The number of aliphatic hydroxyl groups is 1. The van der Waals surface area contributed by atoms with Crippen LogP contribution in [0.25, 0.3) is 10.6 Å². The topological polar surface area (TPSA) is 74.2 Å². The van der Waals surface area contributed by atoms with Crippen molar-refractivity contribution >= 4 is 22.4 Å². The predicted octanol–water partition coefficient (Wildman–Crippen LogP) is 3.01. The standard InChI is InChI=1S/C15H19N3O2S/c1-10-12(18-14(19)16-9-15(2,3)20)21-13(17-10)11-7-5-4-6-8-11/h4-8,20H,9H2,1-3H3,(H2,16,18,19). The summed E-state index contributed by atoms with van der Waals surface area (Å²) >= 11 is 1.43. The number of anilines is 1. The van der Waals surface area contributed by atoms with Crippen LogP contribution in [0.3, 0.4) is 0 Å². The van der Waals surface area contributed by atoms with Gasteiger partial charge in [0.2, 0.25) is 0 Å². The summed E-state index contributed by atoms with van der Waals surface area (Å²) in [5.41, 5.74) is 0.864. The van der Waals surface area contributed by atoms with Crippen molar-refractivity contribution in [2.75, 3.05) is 11.9 Å². The van der Waals surface area contributed by atoms with Crippen LogP contribution < -0.4 is 10.6 Å². The Morgan fingerprint density at radius 1 is 1.33 bits per heavy atom. The summed E-state index contributed by atoms with van der Waals surface area (Å²) in [5, 5.41) is 16.6. The van der Waals surface area contributed by atoms with Crippen LogP contribution in [0.5, 0.6) is 0 Å². The first-order valence-electron chi connectivity index (χ1n) is 6.65. The Morgan fingerprint density at radius 3 is 2.62 bits per heavy atom. The van der Waals surface area contributed by atoms with Crippen LogP contribution >= 0.6 is 11.3 Å². The Hall–Kier alpha value is -1.92. The zero-order valence-electron chi connectivity index (χ0n) is 12.3. The molecular weight excluding hydrogens is 286 g/mol. The van der Waals surface area contributed by atoms with Crippen LogP contribution in [0.2, 0.25) is 0 Å². The minimum absolute atomic E-state index is 0.183. The van der Waals surface area contributed by atoms with Gasteiger partial charge in [-0.05, 0) is 20.8 Å². The highest BCUT2D eigenvalue weighted by Crippen LogP contribution is 2.31. The normalized spacial score (nSPS) is 11.2. The van der Waals surface area contributed by atoms with Crippen molar-refractivity contribution < 1.29 is 9.90 Å². The average molecular weight is 305 g/mol. The van der Waals surface area contributed by atoms with Gasteiger partial charge in [-0.2, -0.15) is 0 Å². The average Bonchev–Trinajstić information content (AvgIpc) is 2.78. The first-order chi connectivity index (χ1) is 9.85. The molecule has 0 bridgehead atoms. The highest BCUT2D eigenvalue weighted by atomic mass is 32.1. The minimum Gasteiger partial charge on any atom is -0.389 e. The molecule has 1 heterocycles. The number of nitrogens with zero attached hydrogens (tertiary/aromatic N) is 1. The molecule has 112 valence electrons. The Kier molecular flexibility index (Phi) is 4.59. The van der Waals surface area contributed by atoms with Gasteiger partial charge in [-0.1, -0.05) is 41.7 Å². The molecule has 0 aliphatic heterocycles. The molecule has 0 unspecified atom stereocenters. The molecule has 0 aliphatic rings. The number of thiazole rings is 1. The van der Waals surface area contributed by atoms with Crippen molar-refractivity contribution in [3.63, 3.8) is 0 Å². The van der Waals surface area contributed by atoms with E-state index in [1.165, 1.54) is 11.3 Å². The van der Waals surface area contributed by atoms with Gasteiger partial charge in [-0.25, -0.2) is 9.78 Å². The van der Waals surface area contributed by atoms with E-state index >= 15 is 0 Å². The largest absolute Gasteiger partial charge is 0.389 e. The third kappa shape index (κ3) is 4.54. The molecule has 5 nitrogen and oxygen atoms in total. The Bertz CT molecular complexity index is 618. The zero-order valence-corrected chi connectivity index (χ0v) is 13.1. The van der Waals surface area contributed by atoms with Crippen LogP contribution in [-0.2, 0) is 0 Å². The van der Waals surface area contributed by atoms with Crippen molar-refractivity contribution in [1.29, 1.82) is 0 Å². The summed E-state index contributed by atoms with van der Waals surface area (Å²) < 4.78 is 0. The lowest BCUT2D eigenvalue weighted by Crippen LogP contribution is -2.40. The van der Waals surface area contributed by atoms with Gasteiger partial charge in [0.25, 0.3) is 0 Å². The molecule has 2 rings (SSSR count). The molecule has 0 fully saturated rings. The second-order valence-electron chi connectivity index (χ2n) is 5.42. The van der Waals surface area contributed by atoms with E-state index in [4.69, 9.17) is 0 Å². The van der Waals surface area contributed by atoms with Gasteiger partial charge < -0.3 is 10.4 Å². The highest BCUT2D eigenvalue weighted by Gasteiger charge is 2.15. The van der Waals surface area contributed by atoms with Crippen LogP contribution in [0.4, 0.5) is 9.80 Å². The first kappa shape index (κ1) is 15.5. The van der Waals surface area contributed by atoms with Crippen molar-refractivity contribution in [1.82, 2.24) is 10.3 Å². The molecule has 2 amide bonds. The summed E-state index contributed by atoms with van der Waals surface area (Å²) in [6.07, 6.45) is 0. The number of carbonyl (C=O) groups is 1. The number of hydrogen-bond donors (Lipinski definition) is 3. The number of nitrogens with one attached hydrogen (secondary N) is 2. The van der Waals surface area contributed by atoms with Crippen molar-refractivity contribution in [3.05, 3.63) is 36.0 Å². The summed E-state index contributed by atoms with van der Waals surface area (Å²) in [7, 11) is 0. The summed E-state index contributed by atoms with van der Waals surface area (Å²) in [6.45, 7) is 5.31. The number of urea groups is 1. The van der Waals surface area contributed by atoms with E-state index in [9.17, 15) is 9.90 Å². The van der Waals surface area contributed by atoms with Gasteiger partial charge in [-0.3, -0.25) is 5.32 Å². The van der Waals surface area contributed by atoms with E-state index in [1.54, 1.807) is 13.8 Å². The Morgan fingerprint density at radius 2 is 2.00 bits per heavy atom. The van der Waals surface area contributed by atoms with Gasteiger partial charge in [0.05, 0.1) is 11.3 Å². The second-order valence-corrected chi connectivity index (χ2v) is 6.42. The number of benzene rings is 1. The van der Waals surface area contributed by atoms with E-state index in [-0.39, 0.29) is 12.6 Å². The smallest absolute Gasteiger partial charge is 0.320 e. The van der Waals surface area contributed by atoms with Crippen LogP contribution in [0.15, 0.2) is 30.3 Å². The van der Waals surface area contributed by atoms with E-state index < -0.39 is 5.60 Å². The number of aryl methyl sites for hydroxylation is 1. The maximum absolute atomic E-state index is 11.8. The van der Waals surface area contributed by atoms with Crippen LogP contribution in [0, 0.1) is 6.92 Å². The van der Waals surface area contributed by atoms with Crippen molar-refractivity contribution in [2.24, 2.45) is 0 Å². The second kappa shape index (κ2) is 6.24. The van der Waals surface area contributed by atoms with Crippen molar-refractivity contribution in [3.8, 4) is 10.6 Å². The monoisotopic (exact) mass is 305 g/mol. The first-order valence-corrected chi connectivity index (χ1v) is 7.47. The number of aromatic nitrogens is 1. The number of amides is 2. The molecule has 21 heavy (non-hydrogen) atoms. The van der Waals surface area contributed by atoms with Gasteiger partial charge in [0, 0.05) is 12.1 Å². The molecule has 1 aromatic carbocycles. The fourth-order valence-corrected chi connectivity index (χ4v) is 2.63. The van der Waals surface area contributed by atoms with E-state index in [0.717, 1.165) is 16.3 Å². The molecule has 0 spiro atoms. The maximum atomic E-state index is 11.8. The minimum atomic E-state index is -0.935. The molecule has 6 heteroatoms. The fourth-order valence-electron chi connectivity index (χ4n) is 1.66. The third-order valence-corrected chi connectivity index (χ3v) is 3.85. The molecule has 2 aromatic rings. The van der Waals surface area contributed by atoms with Crippen LogP contribution in [0.1, 0.15) is 19.5 Å². The molecular formula is C15H19N3O2S. The fraction of sp³-hybridized carbons (Fsp3) is 0.333. The lowest BCUT2D eigenvalue weighted by Gasteiger charge is -2.17. The Balaban J connectivity index is 2.05. The van der Waals surface area contributed by atoms with E-state index in [1.807, 2.05) is 37.3 Å². The highest BCUT2D eigenvalue weighted by molar-refractivity contribution is 7.19. The molecule has 1 aromatic heterocycles. The van der Waals surface area contributed by atoms with Gasteiger partial charge in [0.1, 0.15) is 10.0 Å². The summed E-state index contributed by atoms with van der Waals surface area (Å²) in [5.74, 6) is 0. The molecule has 0 aliphatic carbocycles. The van der Waals surface area contributed by atoms with Gasteiger partial charge in [0.15, 0.2) is 0 Å². The number of carbonyl (C=O) groups excluding carboxylic acids is 1. The lowest BCUT2D eigenvalue weighted by atomic mass is 10.1. The zero-order chi connectivity index (χ0) is 15.5. The quantitative estimate of drug-likeness (QED) is 0.813. The van der Waals surface area contributed by atoms with Crippen LogP contribution in [-0.4, -0.2) is 28.3 Å². The van der Waals surface area contributed by atoms with E-state index in [0.29, 0.717) is 5.00 Å². The summed E-state index contributed by atoms with van der Waals surface area (Å²) in [4.78, 5) is 16.3. The lowest BCUT2D eigenvalue weighted by molar-refractivity contribution is 0.0826. The molecule has 0 saturated carbocycles. The molecule has 0 radical (unpaired) electrons. The number of rotatable bonds is 4. The summed E-state index contributed by atoms with van der Waals surface area (Å²) in [6, 6.07) is 9.48. The maximum Gasteiger partial charge on any atom is 0.320 e. The van der Waals surface area contributed by atoms with Gasteiger partial charge >= 0.3 is 6.03 Å².